The van der Waals surface area contributed by atoms with Gasteiger partial charge in [-0.05, 0) is 12.1 Å². The molecule has 1 aliphatic heterocycles. The van der Waals surface area contributed by atoms with Gasteiger partial charge >= 0.3 is 0 Å². The summed E-state index contributed by atoms with van der Waals surface area (Å²) < 4.78 is 34.1. The highest BCUT2D eigenvalue weighted by atomic mass is 19.1. The molecule has 0 aliphatic carbocycles. The van der Waals surface area contributed by atoms with Crippen LogP contribution in [0, 0.1) is 11.6 Å². The van der Waals surface area contributed by atoms with E-state index < -0.39 is 23.1 Å². The van der Waals surface area contributed by atoms with Gasteiger partial charge < -0.3 is 10.1 Å². The molecule has 0 atom stereocenters. The first-order valence-electron chi connectivity index (χ1n) is 7.00. The van der Waals surface area contributed by atoms with Gasteiger partial charge in [-0.3, -0.25) is 9.48 Å². The quantitative estimate of drug-likeness (QED) is 0.935. The zero-order valence-electron chi connectivity index (χ0n) is 11.8. The largest absolute Gasteiger partial charge is 0.376 e. The maximum absolute atomic E-state index is 13.5. The maximum atomic E-state index is 13.5. The first-order valence-corrected chi connectivity index (χ1v) is 7.00. The average Bonchev–Trinajstić information content (AvgIpc) is 2.91. The second-order valence-corrected chi connectivity index (χ2v) is 4.99. The van der Waals surface area contributed by atoms with Gasteiger partial charge in [0, 0.05) is 24.2 Å². The third kappa shape index (κ3) is 2.85. The van der Waals surface area contributed by atoms with Crippen LogP contribution in [0.4, 0.5) is 8.78 Å². The number of carbonyl (C=O) groups is 1. The van der Waals surface area contributed by atoms with Crippen LogP contribution in [0.1, 0.15) is 21.6 Å². The summed E-state index contributed by atoms with van der Waals surface area (Å²) >= 11 is 0. The van der Waals surface area contributed by atoms with Gasteiger partial charge in [0.1, 0.15) is 17.2 Å². The fraction of sp³-hybridized carbons (Fsp3) is 0.333. The smallest absolute Gasteiger partial charge is 0.257 e. The molecular weight excluding hydrogens is 292 g/mol. The number of fused-ring (bicyclic) bond motifs is 1. The molecule has 3 rings (SSSR count). The molecule has 1 aromatic heterocycles. The fourth-order valence-electron chi connectivity index (χ4n) is 2.48. The van der Waals surface area contributed by atoms with Crippen molar-refractivity contribution in [2.75, 3.05) is 13.2 Å². The maximum Gasteiger partial charge on any atom is 0.257 e. The summed E-state index contributed by atoms with van der Waals surface area (Å²) in [5.41, 5.74) is 1.56. The summed E-state index contributed by atoms with van der Waals surface area (Å²) in [5, 5.41) is 6.75. The number of rotatable bonds is 4. The van der Waals surface area contributed by atoms with E-state index in [4.69, 9.17) is 4.74 Å². The van der Waals surface area contributed by atoms with Crippen LogP contribution in [0.25, 0.3) is 0 Å². The molecule has 1 N–H and O–H groups in total. The Balaban J connectivity index is 1.61. The van der Waals surface area contributed by atoms with Crippen LogP contribution in [0.2, 0.25) is 0 Å². The zero-order valence-corrected chi connectivity index (χ0v) is 11.8. The molecule has 0 fully saturated rings. The highest BCUT2D eigenvalue weighted by molar-refractivity contribution is 5.94. The lowest BCUT2D eigenvalue weighted by Gasteiger charge is -2.15. The van der Waals surface area contributed by atoms with Crippen LogP contribution in [0.5, 0.6) is 0 Å². The molecule has 0 bridgehead atoms. The molecule has 5 nitrogen and oxygen atoms in total. The summed E-state index contributed by atoms with van der Waals surface area (Å²) in [6.45, 7) is 1.87. The Labute approximate surface area is 125 Å². The molecule has 2 heterocycles. The monoisotopic (exact) mass is 307 g/mol. The second-order valence-electron chi connectivity index (χ2n) is 4.99. The SMILES string of the molecule is O=C(NCCn1ncc2c1CCOC2)c1c(F)cccc1F. The number of amides is 1. The first-order chi connectivity index (χ1) is 10.7. The summed E-state index contributed by atoms with van der Waals surface area (Å²) in [6.07, 6.45) is 2.51. The number of hydrogen-bond acceptors (Lipinski definition) is 3. The lowest BCUT2D eigenvalue weighted by molar-refractivity contribution is 0.0942. The van der Waals surface area contributed by atoms with Gasteiger partial charge in [0.2, 0.25) is 0 Å². The number of carbonyl (C=O) groups excluding carboxylic acids is 1. The van der Waals surface area contributed by atoms with Crippen LogP contribution in [0.3, 0.4) is 0 Å². The number of halogens is 2. The van der Waals surface area contributed by atoms with Gasteiger partial charge in [-0.1, -0.05) is 6.07 Å². The van der Waals surface area contributed by atoms with Crippen molar-refractivity contribution in [2.45, 2.75) is 19.6 Å². The number of nitrogens with zero attached hydrogens (tertiary/aromatic N) is 2. The van der Waals surface area contributed by atoms with E-state index in [1.165, 1.54) is 6.07 Å². The van der Waals surface area contributed by atoms with Gasteiger partial charge in [0.25, 0.3) is 5.91 Å². The Kier molecular flexibility index (Phi) is 4.15. The molecule has 0 spiro atoms. The van der Waals surface area contributed by atoms with Gasteiger partial charge in [-0.15, -0.1) is 0 Å². The number of aromatic nitrogens is 2. The van der Waals surface area contributed by atoms with Crippen molar-refractivity contribution >= 4 is 5.91 Å². The minimum Gasteiger partial charge on any atom is -0.376 e. The van der Waals surface area contributed by atoms with Crippen LogP contribution in [-0.2, 0) is 24.3 Å². The topological polar surface area (TPSA) is 56.2 Å². The van der Waals surface area contributed by atoms with E-state index in [1.54, 1.807) is 10.9 Å². The molecule has 1 aromatic carbocycles. The summed E-state index contributed by atoms with van der Waals surface area (Å²) in [5.74, 6) is -2.50. The number of nitrogens with one attached hydrogen (secondary N) is 1. The molecule has 116 valence electrons. The lowest BCUT2D eigenvalue weighted by Crippen LogP contribution is -2.29. The molecule has 0 unspecified atom stereocenters. The van der Waals surface area contributed by atoms with Crippen LogP contribution >= 0.6 is 0 Å². The van der Waals surface area contributed by atoms with E-state index in [2.05, 4.69) is 10.4 Å². The predicted molar refractivity (Wildman–Crippen MR) is 74.3 cm³/mol. The van der Waals surface area contributed by atoms with Crippen LogP contribution in [-0.4, -0.2) is 28.8 Å². The van der Waals surface area contributed by atoms with Gasteiger partial charge in [0.05, 0.1) is 26.0 Å². The molecule has 1 amide bonds. The molecular formula is C15H15F2N3O2. The minimum absolute atomic E-state index is 0.238. The molecule has 0 radical (unpaired) electrons. The summed E-state index contributed by atoms with van der Waals surface area (Å²) in [4.78, 5) is 11.9. The van der Waals surface area contributed by atoms with E-state index in [0.717, 1.165) is 29.8 Å². The zero-order chi connectivity index (χ0) is 15.5. The van der Waals surface area contributed by atoms with E-state index >= 15 is 0 Å². The predicted octanol–water partition coefficient (Wildman–Crippen LogP) is 1.66. The van der Waals surface area contributed by atoms with E-state index in [0.29, 0.717) is 19.8 Å². The van der Waals surface area contributed by atoms with Crippen LogP contribution < -0.4 is 5.32 Å². The van der Waals surface area contributed by atoms with Gasteiger partial charge in [-0.25, -0.2) is 8.78 Å². The van der Waals surface area contributed by atoms with E-state index in [9.17, 15) is 13.6 Å². The minimum atomic E-state index is -0.869. The normalized spacial score (nSPS) is 13.7. The molecule has 0 saturated heterocycles. The van der Waals surface area contributed by atoms with Crippen molar-refractivity contribution in [1.29, 1.82) is 0 Å². The fourth-order valence-corrected chi connectivity index (χ4v) is 2.48. The molecule has 7 heteroatoms. The molecule has 2 aromatic rings. The third-order valence-corrected chi connectivity index (χ3v) is 3.57. The van der Waals surface area contributed by atoms with Crippen molar-refractivity contribution < 1.29 is 18.3 Å². The Morgan fingerprint density at radius 3 is 2.91 bits per heavy atom. The van der Waals surface area contributed by atoms with E-state index in [1.807, 2.05) is 0 Å². The van der Waals surface area contributed by atoms with Crippen molar-refractivity contribution in [3.63, 3.8) is 0 Å². The Morgan fingerprint density at radius 2 is 2.14 bits per heavy atom. The number of benzene rings is 1. The average molecular weight is 307 g/mol. The van der Waals surface area contributed by atoms with Gasteiger partial charge in [-0.2, -0.15) is 5.10 Å². The van der Waals surface area contributed by atoms with Crippen molar-refractivity contribution in [2.24, 2.45) is 0 Å². The number of ether oxygens (including phenoxy) is 1. The summed E-state index contributed by atoms with van der Waals surface area (Å²) in [7, 11) is 0. The highest BCUT2D eigenvalue weighted by Crippen LogP contribution is 2.16. The third-order valence-electron chi connectivity index (χ3n) is 3.57. The first kappa shape index (κ1) is 14.6. The summed E-state index contributed by atoms with van der Waals surface area (Å²) in [6, 6.07) is 3.34. The molecule has 22 heavy (non-hydrogen) atoms. The standard InChI is InChI=1S/C15H15F2N3O2/c16-11-2-1-3-12(17)14(11)15(21)18-5-6-20-13-4-7-22-9-10(13)8-19-20/h1-3,8H,4-7,9H2,(H,18,21). The highest BCUT2D eigenvalue weighted by Gasteiger charge is 2.18. The van der Waals surface area contributed by atoms with Crippen molar-refractivity contribution in [3.8, 4) is 0 Å². The van der Waals surface area contributed by atoms with Crippen molar-refractivity contribution in [3.05, 3.63) is 52.9 Å². The lowest BCUT2D eigenvalue weighted by atomic mass is 10.2. The Hall–Kier alpha value is -2.28. The Morgan fingerprint density at radius 1 is 1.36 bits per heavy atom. The second kappa shape index (κ2) is 6.23. The van der Waals surface area contributed by atoms with E-state index in [-0.39, 0.29) is 6.54 Å². The Bertz CT molecular complexity index is 680. The van der Waals surface area contributed by atoms with Crippen molar-refractivity contribution in [1.82, 2.24) is 15.1 Å². The van der Waals surface area contributed by atoms with Gasteiger partial charge in [0.15, 0.2) is 0 Å². The number of hydrogen-bond donors (Lipinski definition) is 1. The van der Waals surface area contributed by atoms with Crippen LogP contribution in [0.15, 0.2) is 24.4 Å². The molecule has 0 saturated carbocycles. The molecule has 1 aliphatic rings.